The smallest absolute Gasteiger partial charge is 0.345 e. The van der Waals surface area contributed by atoms with E-state index in [1.54, 1.807) is 25.3 Å². The summed E-state index contributed by atoms with van der Waals surface area (Å²) in [5.74, 6) is -2.71. The van der Waals surface area contributed by atoms with Gasteiger partial charge in [0.15, 0.2) is 0 Å². The second-order valence-electron chi connectivity index (χ2n) is 13.7. The van der Waals surface area contributed by atoms with Crippen molar-refractivity contribution in [1.29, 1.82) is 0 Å². The molecule has 14 heteroatoms. The molecule has 3 aliphatic rings. The molecule has 0 amide bonds. The van der Waals surface area contributed by atoms with Gasteiger partial charge in [-0.25, -0.2) is 9.59 Å². The molecule has 268 valence electrons. The summed E-state index contributed by atoms with van der Waals surface area (Å²) >= 11 is 0. The number of esters is 3. The van der Waals surface area contributed by atoms with E-state index in [2.05, 4.69) is 4.98 Å². The van der Waals surface area contributed by atoms with E-state index in [0.717, 1.165) is 0 Å². The lowest BCUT2D eigenvalue weighted by molar-refractivity contribution is -0.272. The van der Waals surface area contributed by atoms with Crippen LogP contribution in [-0.4, -0.2) is 86.1 Å². The fourth-order valence-corrected chi connectivity index (χ4v) is 8.42. The molecule has 8 atom stereocenters. The Balaban J connectivity index is 1.57. The minimum Gasteiger partial charge on any atom is -0.482 e. The summed E-state index contributed by atoms with van der Waals surface area (Å²) in [6.45, 7) is 8.17. The van der Waals surface area contributed by atoms with Gasteiger partial charge < -0.3 is 42.7 Å². The molecular formula is C35H45NO13. The van der Waals surface area contributed by atoms with Gasteiger partial charge in [0.2, 0.25) is 0 Å². The molecule has 1 aliphatic heterocycles. The van der Waals surface area contributed by atoms with Gasteiger partial charge in [-0.1, -0.05) is 13.8 Å². The van der Waals surface area contributed by atoms with E-state index in [1.807, 2.05) is 13.8 Å². The maximum absolute atomic E-state index is 13.6. The van der Waals surface area contributed by atoms with E-state index in [4.69, 9.17) is 37.6 Å². The number of aliphatic hydroxyl groups excluding tert-OH is 1. The van der Waals surface area contributed by atoms with Gasteiger partial charge in [0.25, 0.3) is 0 Å². The van der Waals surface area contributed by atoms with Crippen LogP contribution in [0.4, 0.5) is 0 Å². The molecule has 2 aromatic heterocycles. The molecule has 0 bridgehead atoms. The van der Waals surface area contributed by atoms with Crippen LogP contribution in [0.1, 0.15) is 65.5 Å². The molecule has 1 N–H and O–H groups in total. The molecule has 2 saturated carbocycles. The van der Waals surface area contributed by atoms with Gasteiger partial charge >= 0.3 is 23.5 Å². The first-order valence-corrected chi connectivity index (χ1v) is 16.3. The van der Waals surface area contributed by atoms with Gasteiger partial charge in [-0.2, -0.15) is 0 Å². The van der Waals surface area contributed by atoms with Crippen LogP contribution in [0.15, 0.2) is 39.8 Å². The Labute approximate surface area is 284 Å². The molecule has 0 saturated heterocycles. The Morgan fingerprint density at radius 2 is 1.84 bits per heavy atom. The Hall–Kier alpha value is -3.85. The summed E-state index contributed by atoms with van der Waals surface area (Å²) in [6.07, 6.45) is 1.09. The lowest BCUT2D eigenvalue weighted by Gasteiger charge is -2.66. The van der Waals surface area contributed by atoms with Crippen molar-refractivity contribution in [1.82, 2.24) is 4.98 Å². The maximum Gasteiger partial charge on any atom is 0.345 e. The lowest BCUT2D eigenvalue weighted by Crippen LogP contribution is -2.71. The number of aromatic nitrogens is 1. The van der Waals surface area contributed by atoms with Crippen molar-refractivity contribution in [3.05, 3.63) is 46.6 Å². The number of aliphatic hydroxyl groups is 1. The molecule has 0 aromatic carbocycles. The van der Waals surface area contributed by atoms with Crippen LogP contribution >= 0.6 is 0 Å². The van der Waals surface area contributed by atoms with Gasteiger partial charge in [-0.15, -0.1) is 0 Å². The van der Waals surface area contributed by atoms with Crippen LogP contribution in [0.3, 0.4) is 0 Å². The van der Waals surface area contributed by atoms with Crippen molar-refractivity contribution < 1.29 is 57.1 Å². The summed E-state index contributed by atoms with van der Waals surface area (Å²) in [6, 6.07) is 4.96. The molecular weight excluding hydrogens is 642 g/mol. The second kappa shape index (κ2) is 14.6. The number of nitrogens with zero attached hydrogens (tertiary/aromatic N) is 1. The Morgan fingerprint density at radius 3 is 2.51 bits per heavy atom. The fraction of sp³-hybridized carbons (Fsp3) is 0.629. The first kappa shape index (κ1) is 36.4. The lowest BCUT2D eigenvalue weighted by atomic mass is 9.42. The number of hydrogen-bond donors (Lipinski definition) is 1. The third-order valence-corrected chi connectivity index (χ3v) is 10.5. The molecule has 5 rings (SSSR count). The molecule has 2 aliphatic carbocycles. The van der Waals surface area contributed by atoms with E-state index < -0.39 is 76.7 Å². The number of ether oxygens (including phenoxy) is 7. The highest BCUT2D eigenvalue weighted by Crippen LogP contribution is 2.67. The van der Waals surface area contributed by atoms with Crippen LogP contribution in [0.5, 0.6) is 5.75 Å². The van der Waals surface area contributed by atoms with Crippen molar-refractivity contribution in [2.24, 2.45) is 22.7 Å². The molecule has 0 spiro atoms. The average Bonchev–Trinajstić information content (AvgIpc) is 3.04. The molecule has 2 unspecified atom stereocenters. The summed E-state index contributed by atoms with van der Waals surface area (Å²) in [4.78, 5) is 55.4. The largest absolute Gasteiger partial charge is 0.482 e. The quantitative estimate of drug-likeness (QED) is 0.149. The monoisotopic (exact) mass is 687 g/mol. The maximum atomic E-state index is 13.6. The Morgan fingerprint density at radius 1 is 1.06 bits per heavy atom. The molecule has 2 fully saturated rings. The highest BCUT2D eigenvalue weighted by molar-refractivity contribution is 5.71. The third kappa shape index (κ3) is 7.09. The summed E-state index contributed by atoms with van der Waals surface area (Å²) in [5.41, 5.74) is -3.44. The number of carbonyl (C=O) groups excluding carboxylic acids is 3. The van der Waals surface area contributed by atoms with Gasteiger partial charge in [0.05, 0.1) is 19.3 Å². The number of pyridine rings is 1. The van der Waals surface area contributed by atoms with Crippen molar-refractivity contribution in [3.8, 4) is 17.1 Å². The van der Waals surface area contributed by atoms with Crippen LogP contribution in [0, 0.1) is 22.7 Å². The summed E-state index contributed by atoms with van der Waals surface area (Å²) in [7, 11) is 1.54. The Kier molecular flexibility index (Phi) is 10.8. The number of hydrogen-bond acceptors (Lipinski definition) is 14. The highest BCUT2D eigenvalue weighted by Gasteiger charge is 2.71. The predicted octanol–water partition coefficient (Wildman–Crippen LogP) is 3.37. The van der Waals surface area contributed by atoms with E-state index in [0.29, 0.717) is 25.0 Å². The zero-order valence-electron chi connectivity index (χ0n) is 28.7. The van der Waals surface area contributed by atoms with Crippen molar-refractivity contribution in [2.45, 2.75) is 77.8 Å². The van der Waals surface area contributed by atoms with Gasteiger partial charge in [0, 0.05) is 56.3 Å². The van der Waals surface area contributed by atoms with Crippen LogP contribution in [-0.2, 0) is 42.8 Å². The minimum atomic E-state index is -1.41. The number of rotatable bonds is 12. The first-order chi connectivity index (χ1) is 23.2. The van der Waals surface area contributed by atoms with Crippen molar-refractivity contribution in [2.75, 3.05) is 40.3 Å². The van der Waals surface area contributed by atoms with E-state index >= 15 is 0 Å². The van der Waals surface area contributed by atoms with Crippen molar-refractivity contribution in [3.63, 3.8) is 0 Å². The first-order valence-electron chi connectivity index (χ1n) is 16.3. The number of carbonyl (C=O) groups is 3. The summed E-state index contributed by atoms with van der Waals surface area (Å²) < 4.78 is 45.5. The molecule has 3 heterocycles. The zero-order chi connectivity index (χ0) is 35.6. The van der Waals surface area contributed by atoms with E-state index in [9.17, 15) is 24.3 Å². The molecule has 0 radical (unpaired) electrons. The Bertz CT molecular complexity index is 1580. The van der Waals surface area contributed by atoms with E-state index in [1.165, 1.54) is 33.2 Å². The van der Waals surface area contributed by atoms with Crippen LogP contribution in [0.2, 0.25) is 0 Å². The third-order valence-electron chi connectivity index (χ3n) is 10.5. The number of fused-ring (bicyclic) bond motifs is 4. The molecule has 2 aromatic rings. The topological polar surface area (TPSA) is 179 Å². The van der Waals surface area contributed by atoms with E-state index in [-0.39, 0.29) is 43.5 Å². The van der Waals surface area contributed by atoms with Gasteiger partial charge in [-0.3, -0.25) is 14.6 Å². The SMILES string of the molecule is COCCOCOCC(=O)O[C@H]1CC2[C@](C)(CC[C@H](OC(C)=O)[C@@]2(C)COC(C)=O)C2[C@@H](O)c3c(cc(-c4cccnc4)oc3=O)O[C@@]21C. The summed E-state index contributed by atoms with van der Waals surface area (Å²) in [5, 5.41) is 12.2. The van der Waals surface area contributed by atoms with Crippen LogP contribution in [0.25, 0.3) is 11.3 Å². The average molecular weight is 688 g/mol. The van der Waals surface area contributed by atoms with Gasteiger partial charge in [-0.05, 0) is 49.7 Å². The standard InChI is InChI=1S/C35H45NO13/c1-20(37)45-18-34(4)25-15-27(48-28(39)17-44-19-43-13-12-42-6)35(5)31(33(25,3)10-9-26(34)46-21(2)38)30(40)29-24(49-35)14-23(47-32(29)41)22-8-7-11-36-16-22/h7-8,11,14,16,25-27,30-31,40H,9-10,12-13,15,17-19H2,1-6H3/t25?,26-,27-,30-,31?,33-,34-,35+/m0/s1. The van der Waals surface area contributed by atoms with Gasteiger partial charge in [0.1, 0.15) is 54.9 Å². The molecule has 14 nitrogen and oxygen atoms in total. The normalized spacial score (nSPS) is 31.7. The highest BCUT2D eigenvalue weighted by atomic mass is 16.7. The predicted molar refractivity (Wildman–Crippen MR) is 170 cm³/mol. The van der Waals surface area contributed by atoms with Crippen molar-refractivity contribution >= 4 is 17.9 Å². The minimum absolute atomic E-state index is 0.0533. The second-order valence-corrected chi connectivity index (χ2v) is 13.7. The number of methoxy groups -OCH3 is 1. The zero-order valence-corrected chi connectivity index (χ0v) is 28.7. The fourth-order valence-electron chi connectivity index (χ4n) is 8.42. The van der Waals surface area contributed by atoms with Crippen LogP contribution < -0.4 is 10.4 Å². The molecule has 49 heavy (non-hydrogen) atoms.